The van der Waals surface area contributed by atoms with E-state index in [1.165, 1.54) is 7.11 Å². The van der Waals surface area contributed by atoms with E-state index in [9.17, 15) is 14.4 Å². The van der Waals surface area contributed by atoms with E-state index in [1.807, 2.05) is 32.9 Å². The van der Waals surface area contributed by atoms with Crippen LogP contribution in [0.25, 0.3) is 0 Å². The van der Waals surface area contributed by atoms with Gasteiger partial charge in [0.2, 0.25) is 11.8 Å². The number of benzene rings is 1. The van der Waals surface area contributed by atoms with Gasteiger partial charge in [-0.05, 0) is 43.7 Å². The van der Waals surface area contributed by atoms with Crippen molar-refractivity contribution in [3.8, 4) is 0 Å². The molecule has 1 heterocycles. The molecule has 1 aliphatic heterocycles. The molecule has 1 aromatic rings. The lowest BCUT2D eigenvalue weighted by Crippen LogP contribution is -2.54. The van der Waals surface area contributed by atoms with Crippen LogP contribution < -0.4 is 10.6 Å². The smallest absolute Gasteiger partial charge is 0.251 e. The van der Waals surface area contributed by atoms with Crippen molar-refractivity contribution in [2.75, 3.05) is 33.4 Å². The summed E-state index contributed by atoms with van der Waals surface area (Å²) in [5, 5.41) is 5.88. The summed E-state index contributed by atoms with van der Waals surface area (Å²) in [4.78, 5) is 39.4. The van der Waals surface area contributed by atoms with Gasteiger partial charge in [-0.25, -0.2) is 0 Å². The fraction of sp³-hybridized carbons (Fsp3) is 0.591. The predicted octanol–water partition coefficient (Wildman–Crippen LogP) is 1.75. The molecule has 0 radical (unpaired) electrons. The molecule has 0 spiro atoms. The third-order valence-electron chi connectivity index (χ3n) is 5.20. The summed E-state index contributed by atoms with van der Waals surface area (Å²) in [6.07, 6.45) is 1.31. The molecule has 2 rings (SSSR count). The first-order chi connectivity index (χ1) is 13.8. The molecule has 0 aliphatic carbocycles. The van der Waals surface area contributed by atoms with Gasteiger partial charge < -0.3 is 20.3 Å². The number of rotatable bonds is 8. The van der Waals surface area contributed by atoms with Crippen LogP contribution in [0.3, 0.4) is 0 Å². The van der Waals surface area contributed by atoms with Gasteiger partial charge in [0.1, 0.15) is 12.6 Å². The zero-order valence-corrected chi connectivity index (χ0v) is 17.9. The number of nitrogens with one attached hydrogen (secondary N) is 2. The molecule has 29 heavy (non-hydrogen) atoms. The Hall–Kier alpha value is -2.41. The van der Waals surface area contributed by atoms with Gasteiger partial charge in [0.25, 0.3) is 5.91 Å². The molecule has 7 heteroatoms. The van der Waals surface area contributed by atoms with Crippen LogP contribution in [-0.2, 0) is 14.3 Å². The summed E-state index contributed by atoms with van der Waals surface area (Å²) in [7, 11) is 1.50. The average molecular weight is 404 g/mol. The molecule has 160 valence electrons. The van der Waals surface area contributed by atoms with Crippen LogP contribution in [0.4, 0.5) is 0 Å². The van der Waals surface area contributed by atoms with Gasteiger partial charge in [-0.3, -0.25) is 14.4 Å². The molecule has 7 nitrogen and oxygen atoms in total. The number of carbonyl (C=O) groups is 3. The highest BCUT2D eigenvalue weighted by atomic mass is 16.5. The molecule has 1 fully saturated rings. The minimum Gasteiger partial charge on any atom is -0.375 e. The first-order valence-electron chi connectivity index (χ1n) is 10.2. The van der Waals surface area contributed by atoms with Gasteiger partial charge in [0.15, 0.2) is 0 Å². The standard InChI is InChI=1S/C22H33N3O4/c1-15(2)13-23-22(28)20(24-21(27)18-7-5-16(3)6-8-18)17-9-11-25(12-10-17)19(26)14-29-4/h5-8,15,17,20H,9-14H2,1-4H3,(H,23,28)(H,24,27)/t20-/m1/s1. The fourth-order valence-corrected chi connectivity index (χ4v) is 3.44. The molecule has 2 N–H and O–H groups in total. The zero-order chi connectivity index (χ0) is 21.4. The summed E-state index contributed by atoms with van der Waals surface area (Å²) < 4.78 is 4.92. The van der Waals surface area contributed by atoms with Gasteiger partial charge in [-0.2, -0.15) is 0 Å². The van der Waals surface area contributed by atoms with Crippen LogP contribution in [0.1, 0.15) is 42.6 Å². The Morgan fingerprint density at radius 3 is 2.31 bits per heavy atom. The van der Waals surface area contributed by atoms with E-state index in [0.29, 0.717) is 44.0 Å². The topological polar surface area (TPSA) is 87.7 Å². The van der Waals surface area contributed by atoms with Crippen LogP contribution >= 0.6 is 0 Å². The summed E-state index contributed by atoms with van der Waals surface area (Å²) >= 11 is 0. The Morgan fingerprint density at radius 1 is 1.14 bits per heavy atom. The maximum atomic E-state index is 12.9. The van der Waals surface area contributed by atoms with Crippen molar-refractivity contribution in [2.45, 2.75) is 39.7 Å². The van der Waals surface area contributed by atoms with Gasteiger partial charge >= 0.3 is 0 Å². The summed E-state index contributed by atoms with van der Waals surface area (Å²) in [6, 6.07) is 6.66. The van der Waals surface area contributed by atoms with Gasteiger partial charge in [0.05, 0.1) is 0 Å². The summed E-state index contributed by atoms with van der Waals surface area (Å²) in [6.45, 7) is 7.75. The van der Waals surface area contributed by atoms with Gasteiger partial charge in [-0.1, -0.05) is 31.5 Å². The number of nitrogens with zero attached hydrogens (tertiary/aromatic N) is 1. The van der Waals surface area contributed by atoms with E-state index in [0.717, 1.165) is 5.56 Å². The molecule has 0 unspecified atom stereocenters. The van der Waals surface area contributed by atoms with Crippen molar-refractivity contribution in [3.63, 3.8) is 0 Å². The van der Waals surface area contributed by atoms with E-state index in [1.54, 1.807) is 17.0 Å². The Kier molecular flexibility index (Phi) is 8.64. The number of aryl methyl sites for hydroxylation is 1. The highest BCUT2D eigenvalue weighted by Gasteiger charge is 2.33. The molecule has 0 bridgehead atoms. The molecular formula is C22H33N3O4. The Bertz CT molecular complexity index is 695. The van der Waals surface area contributed by atoms with E-state index in [2.05, 4.69) is 10.6 Å². The average Bonchev–Trinajstić information content (AvgIpc) is 2.71. The second-order valence-electron chi connectivity index (χ2n) is 8.11. The quantitative estimate of drug-likeness (QED) is 0.692. The maximum Gasteiger partial charge on any atom is 0.251 e. The first kappa shape index (κ1) is 22.9. The van der Waals surface area contributed by atoms with E-state index < -0.39 is 6.04 Å². The van der Waals surface area contributed by atoms with E-state index in [-0.39, 0.29) is 30.2 Å². The minimum atomic E-state index is -0.623. The molecule has 3 amide bonds. The fourth-order valence-electron chi connectivity index (χ4n) is 3.44. The zero-order valence-electron chi connectivity index (χ0n) is 17.9. The molecule has 1 saturated heterocycles. The van der Waals surface area contributed by atoms with Crippen LogP contribution in [0.2, 0.25) is 0 Å². The monoisotopic (exact) mass is 403 g/mol. The SMILES string of the molecule is COCC(=O)N1CCC([C@@H](NC(=O)c2ccc(C)cc2)C(=O)NCC(C)C)CC1. The second-order valence-corrected chi connectivity index (χ2v) is 8.11. The maximum absolute atomic E-state index is 12.9. The number of amides is 3. The Morgan fingerprint density at radius 2 is 1.76 bits per heavy atom. The summed E-state index contributed by atoms with van der Waals surface area (Å²) in [5.41, 5.74) is 1.60. The number of piperidine rings is 1. The Labute approximate surface area is 173 Å². The third-order valence-corrected chi connectivity index (χ3v) is 5.20. The highest BCUT2D eigenvalue weighted by molar-refractivity contribution is 5.97. The summed E-state index contributed by atoms with van der Waals surface area (Å²) in [5.74, 6) is -0.173. The number of hydrogen-bond donors (Lipinski definition) is 2. The lowest BCUT2D eigenvalue weighted by molar-refractivity contribution is -0.136. The highest BCUT2D eigenvalue weighted by Crippen LogP contribution is 2.22. The molecule has 0 saturated carbocycles. The minimum absolute atomic E-state index is 0.0249. The lowest BCUT2D eigenvalue weighted by atomic mass is 9.88. The molecule has 1 atom stereocenters. The van der Waals surface area contributed by atoms with E-state index in [4.69, 9.17) is 4.74 Å². The van der Waals surface area contributed by atoms with Crippen molar-refractivity contribution in [3.05, 3.63) is 35.4 Å². The van der Waals surface area contributed by atoms with Crippen molar-refractivity contribution in [1.29, 1.82) is 0 Å². The largest absolute Gasteiger partial charge is 0.375 e. The number of hydrogen-bond acceptors (Lipinski definition) is 4. The number of ether oxygens (including phenoxy) is 1. The third kappa shape index (κ3) is 6.85. The van der Waals surface area contributed by atoms with Crippen molar-refractivity contribution >= 4 is 17.7 Å². The van der Waals surface area contributed by atoms with Crippen LogP contribution in [0.5, 0.6) is 0 Å². The predicted molar refractivity (Wildman–Crippen MR) is 111 cm³/mol. The molecule has 1 aliphatic rings. The first-order valence-corrected chi connectivity index (χ1v) is 10.2. The van der Waals surface area contributed by atoms with Crippen LogP contribution in [-0.4, -0.2) is 62.0 Å². The van der Waals surface area contributed by atoms with Crippen LogP contribution in [0.15, 0.2) is 24.3 Å². The van der Waals surface area contributed by atoms with E-state index >= 15 is 0 Å². The van der Waals surface area contributed by atoms with Crippen LogP contribution in [0, 0.1) is 18.8 Å². The van der Waals surface area contributed by atoms with Gasteiger partial charge in [0, 0.05) is 32.3 Å². The Balaban J connectivity index is 2.07. The normalized spacial score (nSPS) is 15.8. The molecular weight excluding hydrogens is 370 g/mol. The number of likely N-dealkylation sites (tertiary alicyclic amines) is 1. The van der Waals surface area contributed by atoms with Gasteiger partial charge in [-0.15, -0.1) is 0 Å². The van der Waals surface area contributed by atoms with Crippen molar-refractivity contribution in [1.82, 2.24) is 15.5 Å². The number of methoxy groups -OCH3 is 1. The molecule has 1 aromatic carbocycles. The molecule has 0 aromatic heterocycles. The lowest BCUT2D eigenvalue weighted by Gasteiger charge is -2.35. The van der Waals surface area contributed by atoms with Crippen molar-refractivity contribution in [2.24, 2.45) is 11.8 Å². The second kappa shape index (κ2) is 11.0. The number of carbonyl (C=O) groups excluding carboxylic acids is 3. The van der Waals surface area contributed by atoms with Crippen molar-refractivity contribution < 1.29 is 19.1 Å².